The van der Waals surface area contributed by atoms with Gasteiger partial charge in [0.2, 0.25) is 0 Å². The molecule has 1 fully saturated rings. The summed E-state index contributed by atoms with van der Waals surface area (Å²) in [5.74, 6) is 0.713. The van der Waals surface area contributed by atoms with Crippen molar-refractivity contribution in [3.8, 4) is 5.75 Å². The van der Waals surface area contributed by atoms with Gasteiger partial charge in [0, 0.05) is 18.1 Å². The van der Waals surface area contributed by atoms with Crippen molar-refractivity contribution in [1.29, 1.82) is 0 Å². The van der Waals surface area contributed by atoms with Gasteiger partial charge in [-0.25, -0.2) is 4.68 Å². The minimum atomic E-state index is -4.54. The van der Waals surface area contributed by atoms with E-state index in [4.69, 9.17) is 26.8 Å². The molecule has 188 valence electrons. The molecule has 0 aliphatic carbocycles. The molecule has 34 heavy (non-hydrogen) atoms. The Morgan fingerprint density at radius 3 is 2.50 bits per heavy atom. The van der Waals surface area contributed by atoms with E-state index in [2.05, 4.69) is 5.32 Å². The number of hydrogen-bond acceptors (Lipinski definition) is 5. The highest BCUT2D eigenvalue weighted by Crippen LogP contribution is 2.34. The fourth-order valence-electron chi connectivity index (χ4n) is 3.45. The van der Waals surface area contributed by atoms with Gasteiger partial charge in [0.1, 0.15) is 23.2 Å². The van der Waals surface area contributed by atoms with Gasteiger partial charge >= 0.3 is 6.18 Å². The molecule has 10 heteroatoms. The summed E-state index contributed by atoms with van der Waals surface area (Å²) < 4.78 is 53.4. The highest BCUT2D eigenvalue weighted by molar-refractivity contribution is 7.81. The molecule has 1 atom stereocenters. The number of aromatic nitrogens is 2. The largest absolute Gasteiger partial charge is 0.490 e. The number of nitrogens with zero attached hydrogens (tertiary/aromatic N) is 2. The van der Waals surface area contributed by atoms with E-state index < -0.39 is 17.3 Å². The van der Waals surface area contributed by atoms with Crippen LogP contribution in [-0.4, -0.2) is 44.8 Å². The van der Waals surface area contributed by atoms with Crippen LogP contribution in [0.25, 0.3) is 0 Å². The predicted molar refractivity (Wildman–Crippen MR) is 128 cm³/mol. The van der Waals surface area contributed by atoms with Gasteiger partial charge < -0.3 is 19.9 Å². The highest BCUT2D eigenvalue weighted by atomic mass is 32.1. The van der Waals surface area contributed by atoms with E-state index >= 15 is 0 Å². The summed E-state index contributed by atoms with van der Waals surface area (Å²) in [6.45, 7) is 10.3. The molecule has 6 nitrogen and oxygen atoms in total. The second-order valence-corrected chi connectivity index (χ2v) is 10.7. The fourth-order valence-corrected chi connectivity index (χ4v) is 3.72. The number of hydrogen-bond donors (Lipinski definition) is 2. The molecular weight excluding hydrogens is 467 g/mol. The summed E-state index contributed by atoms with van der Waals surface area (Å²) in [6.07, 6.45) is -2.64. The first-order valence-corrected chi connectivity index (χ1v) is 11.6. The number of thiocarbonyl (C=S) groups is 1. The van der Waals surface area contributed by atoms with E-state index in [-0.39, 0.29) is 34.4 Å². The molecule has 1 aromatic carbocycles. The number of anilines is 1. The van der Waals surface area contributed by atoms with E-state index in [0.29, 0.717) is 19.0 Å². The van der Waals surface area contributed by atoms with E-state index in [1.165, 1.54) is 6.07 Å². The van der Waals surface area contributed by atoms with E-state index in [9.17, 15) is 18.3 Å². The molecule has 0 amide bonds. The van der Waals surface area contributed by atoms with Gasteiger partial charge in [-0.05, 0) is 44.9 Å². The van der Waals surface area contributed by atoms with Gasteiger partial charge in [0.05, 0.1) is 35.1 Å². The lowest BCUT2D eigenvalue weighted by atomic mass is 9.92. The van der Waals surface area contributed by atoms with Crippen LogP contribution in [-0.2, 0) is 22.9 Å². The Labute approximate surface area is 203 Å². The van der Waals surface area contributed by atoms with Crippen LogP contribution in [0.5, 0.6) is 5.75 Å². The second-order valence-electron chi connectivity index (χ2n) is 10.2. The molecule has 1 aliphatic rings. The Hall–Kier alpha value is -2.17. The molecular formula is C24H32F3N3O3S. The van der Waals surface area contributed by atoms with Crippen molar-refractivity contribution in [3.05, 3.63) is 41.1 Å². The van der Waals surface area contributed by atoms with E-state index in [1.54, 1.807) is 18.5 Å². The minimum absolute atomic E-state index is 0.0149. The monoisotopic (exact) mass is 499 g/mol. The quantitative estimate of drug-likeness (QED) is 0.503. The Morgan fingerprint density at radius 1 is 1.24 bits per heavy atom. The average Bonchev–Trinajstić information content (AvgIpc) is 3.35. The van der Waals surface area contributed by atoms with Crippen molar-refractivity contribution >= 4 is 23.0 Å². The summed E-state index contributed by atoms with van der Waals surface area (Å²) >= 11 is 5.53. The van der Waals surface area contributed by atoms with Gasteiger partial charge in [-0.1, -0.05) is 33.0 Å². The number of rotatable bonds is 7. The highest BCUT2D eigenvalue weighted by Gasteiger charge is 2.32. The number of alkyl halides is 3. The van der Waals surface area contributed by atoms with Gasteiger partial charge in [-0.3, -0.25) is 0 Å². The van der Waals surface area contributed by atoms with Crippen LogP contribution in [0.4, 0.5) is 19.0 Å². The fraction of sp³-hybridized carbons (Fsp3) is 0.583. The molecule has 1 aliphatic heterocycles. The molecule has 2 N–H and O–H groups in total. The summed E-state index contributed by atoms with van der Waals surface area (Å²) in [5, 5.41) is 17.8. The molecule has 3 rings (SSSR count). The summed E-state index contributed by atoms with van der Waals surface area (Å²) in [4.78, 5) is 0.0609. The predicted octanol–water partition coefficient (Wildman–Crippen LogP) is 5.32. The van der Waals surface area contributed by atoms with Crippen LogP contribution in [0, 0.1) is 0 Å². The maximum absolute atomic E-state index is 13.4. The lowest BCUT2D eigenvalue weighted by Crippen LogP contribution is -2.28. The minimum Gasteiger partial charge on any atom is -0.490 e. The lowest BCUT2D eigenvalue weighted by Gasteiger charge is -2.21. The topological polar surface area (TPSA) is 68.5 Å². The van der Waals surface area contributed by atoms with Crippen molar-refractivity contribution in [1.82, 2.24) is 9.78 Å². The zero-order chi connectivity index (χ0) is 25.3. The molecule has 1 saturated heterocycles. The normalized spacial score (nSPS) is 17.1. The first-order chi connectivity index (χ1) is 15.6. The zero-order valence-electron chi connectivity index (χ0n) is 20.1. The molecule has 0 saturated carbocycles. The van der Waals surface area contributed by atoms with Crippen LogP contribution >= 0.6 is 12.2 Å². The van der Waals surface area contributed by atoms with Gasteiger partial charge in [0.25, 0.3) is 0 Å². The van der Waals surface area contributed by atoms with Crippen LogP contribution in [0.2, 0.25) is 0 Å². The number of aliphatic hydroxyl groups is 1. The summed E-state index contributed by atoms with van der Waals surface area (Å²) in [6, 6.07) is 4.97. The van der Waals surface area contributed by atoms with Gasteiger partial charge in [0.15, 0.2) is 0 Å². The van der Waals surface area contributed by atoms with Crippen LogP contribution in [0.1, 0.15) is 64.3 Å². The van der Waals surface area contributed by atoms with Gasteiger partial charge in [-0.2, -0.15) is 18.3 Å². The molecule has 2 heterocycles. The summed E-state index contributed by atoms with van der Waals surface area (Å²) in [7, 11) is 0. The number of nitrogens with one attached hydrogen (secondary N) is 1. The van der Waals surface area contributed by atoms with E-state index in [1.807, 2.05) is 26.8 Å². The SMILES string of the molecule is CC(C)(O)COc1ccc(C(F)(F)F)cc1C(=S)Nc1cc(C(C)(C)C)nn1C[C@H]1CCCO1. The number of benzene rings is 1. The van der Waals surface area contributed by atoms with Crippen LogP contribution < -0.4 is 10.1 Å². The molecule has 0 bridgehead atoms. The van der Waals surface area contributed by atoms with Crippen molar-refractivity contribution in [2.75, 3.05) is 18.5 Å². The third-order valence-corrected chi connectivity index (χ3v) is 5.64. The average molecular weight is 500 g/mol. The Balaban J connectivity index is 1.94. The first kappa shape index (κ1) is 26.4. The van der Waals surface area contributed by atoms with E-state index in [0.717, 1.165) is 30.7 Å². The number of ether oxygens (including phenoxy) is 2. The van der Waals surface area contributed by atoms with Gasteiger partial charge in [-0.15, -0.1) is 0 Å². The third-order valence-electron chi connectivity index (χ3n) is 5.32. The second kappa shape index (κ2) is 9.83. The van der Waals surface area contributed by atoms with Crippen molar-refractivity contribution in [2.45, 2.75) is 77.3 Å². The maximum Gasteiger partial charge on any atom is 0.416 e. The smallest absolute Gasteiger partial charge is 0.416 e. The van der Waals surface area contributed by atoms with Crippen molar-refractivity contribution in [3.63, 3.8) is 0 Å². The molecule has 1 aromatic heterocycles. The van der Waals surface area contributed by atoms with Crippen LogP contribution in [0.3, 0.4) is 0 Å². The Kier molecular flexibility index (Phi) is 7.64. The Bertz CT molecular complexity index is 1020. The standard InChI is InChI=1S/C24H32F3N3O3S/c1-22(2,3)19-12-20(30(29-19)13-16-7-6-10-32-16)28-21(34)17-11-15(24(25,26)27)8-9-18(17)33-14-23(4,5)31/h8-9,11-12,16,31H,6-7,10,13-14H2,1-5H3,(H,28,34)/t16-/m1/s1. The first-order valence-electron chi connectivity index (χ1n) is 11.2. The maximum atomic E-state index is 13.4. The zero-order valence-corrected chi connectivity index (χ0v) is 20.9. The van der Waals surface area contributed by atoms with Crippen molar-refractivity contribution in [2.24, 2.45) is 0 Å². The number of halogens is 3. The molecule has 0 radical (unpaired) electrons. The van der Waals surface area contributed by atoms with Crippen LogP contribution in [0.15, 0.2) is 24.3 Å². The molecule has 2 aromatic rings. The lowest BCUT2D eigenvalue weighted by molar-refractivity contribution is -0.137. The molecule has 0 spiro atoms. The third kappa shape index (κ3) is 6.93. The Morgan fingerprint density at radius 2 is 1.94 bits per heavy atom. The molecule has 0 unspecified atom stereocenters. The summed E-state index contributed by atoms with van der Waals surface area (Å²) in [5.41, 5.74) is -1.35. The van der Waals surface area contributed by atoms with Crippen molar-refractivity contribution < 1.29 is 27.8 Å².